The molecule has 216 valence electrons. The summed E-state index contributed by atoms with van der Waals surface area (Å²) in [6.07, 6.45) is 19.1. The molecule has 2 saturated carbocycles. The maximum Gasteiger partial charge on any atom is 0.116 e. The average molecular weight is 575 g/mol. The minimum absolute atomic E-state index is 0.338. The standard InChI is InChI=1S/C37H50OS2/c1-4-30-22-32-11-12-36(30)40-39-24-29-16-26(18-33(19-29)37(3)13-7-8-25(2)23-37)14-27-15-28(21-34(38)20-27)17-31-9-5-6-10-35(31)32/h5-7,9-10,13,15,20-21,25-26,29-30,32-33,36,38H,4,8,11-12,14,16-19,22-24H2,1-3H3/t25-,26+,29+,30+,32-,33-,36+,37-/m0/s1. The molecular weight excluding hydrogens is 525 g/mol. The number of fused-ring (bicyclic) bond motifs is 4. The number of rotatable bonds is 2. The zero-order valence-corrected chi connectivity index (χ0v) is 26.6. The van der Waals surface area contributed by atoms with Gasteiger partial charge in [-0.1, -0.05) is 91.3 Å². The third kappa shape index (κ3) is 6.51. The van der Waals surface area contributed by atoms with Crippen molar-refractivity contribution in [2.75, 3.05) is 5.75 Å². The first-order chi connectivity index (χ1) is 19.4. The molecule has 2 heterocycles. The van der Waals surface area contributed by atoms with E-state index in [1.54, 1.807) is 5.56 Å². The van der Waals surface area contributed by atoms with Crippen LogP contribution in [0.15, 0.2) is 54.6 Å². The fraction of sp³-hybridized carbons (Fsp3) is 0.622. The van der Waals surface area contributed by atoms with Crippen molar-refractivity contribution >= 4 is 21.6 Å². The molecule has 40 heavy (non-hydrogen) atoms. The topological polar surface area (TPSA) is 20.2 Å². The molecule has 0 spiro atoms. The number of aromatic hydroxyl groups is 1. The molecular formula is C37H50OS2. The quantitative estimate of drug-likeness (QED) is 0.285. The highest BCUT2D eigenvalue weighted by molar-refractivity contribution is 8.76. The van der Waals surface area contributed by atoms with Crippen molar-refractivity contribution in [2.45, 2.75) is 103 Å². The number of allylic oxidation sites excluding steroid dienone is 2. The van der Waals surface area contributed by atoms with Gasteiger partial charge in [0.2, 0.25) is 0 Å². The van der Waals surface area contributed by atoms with Gasteiger partial charge in [-0.15, -0.1) is 0 Å². The highest BCUT2D eigenvalue weighted by Gasteiger charge is 2.41. The van der Waals surface area contributed by atoms with Gasteiger partial charge in [-0.05, 0) is 140 Å². The van der Waals surface area contributed by atoms with Crippen molar-refractivity contribution in [1.29, 1.82) is 0 Å². The molecule has 6 bridgehead atoms. The first-order valence-electron chi connectivity index (χ1n) is 16.2. The average Bonchev–Trinajstić information content (AvgIpc) is 2.93. The van der Waals surface area contributed by atoms with Crippen LogP contribution in [0, 0.1) is 35.0 Å². The van der Waals surface area contributed by atoms with Crippen molar-refractivity contribution in [3.8, 4) is 5.75 Å². The van der Waals surface area contributed by atoms with Crippen LogP contribution in [0.2, 0.25) is 0 Å². The van der Waals surface area contributed by atoms with Crippen LogP contribution in [0.3, 0.4) is 0 Å². The Morgan fingerprint density at radius 2 is 1.80 bits per heavy atom. The second-order valence-corrected chi connectivity index (χ2v) is 16.9. The van der Waals surface area contributed by atoms with E-state index in [4.69, 9.17) is 0 Å². The molecule has 1 N–H and O–H groups in total. The lowest BCUT2D eigenvalue weighted by Crippen LogP contribution is -2.37. The largest absolute Gasteiger partial charge is 0.508 e. The number of phenolic OH excluding ortho intramolecular Hbond substituents is 1. The summed E-state index contributed by atoms with van der Waals surface area (Å²) in [5.41, 5.74) is 5.98. The van der Waals surface area contributed by atoms with Crippen LogP contribution in [-0.2, 0) is 12.8 Å². The summed E-state index contributed by atoms with van der Waals surface area (Å²) >= 11 is 0. The molecule has 2 aromatic rings. The van der Waals surface area contributed by atoms with Crippen molar-refractivity contribution in [3.05, 3.63) is 76.9 Å². The SMILES string of the molecule is CC[C@@H]1C[C@@H]2CC[C@H]1SSC[C@@H]1C[C@@H](Cc3cc(O)cc(c3)Cc3ccccc32)C[C@H]([C@@]2(C)C=CC[C@H](C)C2)C1. The number of hydrogen-bond acceptors (Lipinski definition) is 3. The second-order valence-electron chi connectivity index (χ2n) is 14.3. The van der Waals surface area contributed by atoms with Crippen molar-refractivity contribution in [3.63, 3.8) is 0 Å². The van der Waals surface area contributed by atoms with Crippen molar-refractivity contribution in [1.82, 2.24) is 0 Å². The highest BCUT2D eigenvalue weighted by atomic mass is 33.1. The van der Waals surface area contributed by atoms with Gasteiger partial charge >= 0.3 is 0 Å². The van der Waals surface area contributed by atoms with E-state index in [-0.39, 0.29) is 0 Å². The first-order valence-corrected chi connectivity index (χ1v) is 18.6. The van der Waals surface area contributed by atoms with Gasteiger partial charge in [0.25, 0.3) is 0 Å². The maximum atomic E-state index is 10.8. The van der Waals surface area contributed by atoms with E-state index in [2.05, 4.69) is 90.9 Å². The summed E-state index contributed by atoms with van der Waals surface area (Å²) < 4.78 is 0. The fourth-order valence-electron chi connectivity index (χ4n) is 9.09. The van der Waals surface area contributed by atoms with Crippen LogP contribution in [0.25, 0.3) is 0 Å². The second kappa shape index (κ2) is 12.5. The fourth-order valence-corrected chi connectivity index (χ4v) is 12.6. The van der Waals surface area contributed by atoms with Crippen LogP contribution in [0.5, 0.6) is 5.75 Å². The molecule has 2 fully saturated rings. The molecule has 8 atom stereocenters. The molecule has 1 nitrogen and oxygen atoms in total. The van der Waals surface area contributed by atoms with E-state index >= 15 is 0 Å². The predicted octanol–water partition coefficient (Wildman–Crippen LogP) is 10.6. The molecule has 7 rings (SSSR count). The third-order valence-electron chi connectivity index (χ3n) is 11.0. The zero-order chi connectivity index (χ0) is 27.7. The van der Waals surface area contributed by atoms with E-state index in [0.717, 1.165) is 41.8 Å². The number of benzene rings is 2. The third-order valence-corrected chi connectivity index (χ3v) is 14.2. The van der Waals surface area contributed by atoms with Gasteiger partial charge < -0.3 is 5.11 Å². The smallest absolute Gasteiger partial charge is 0.116 e. The van der Waals surface area contributed by atoms with Crippen LogP contribution in [-0.4, -0.2) is 16.1 Å². The van der Waals surface area contributed by atoms with Gasteiger partial charge in [0.05, 0.1) is 0 Å². The predicted molar refractivity (Wildman–Crippen MR) is 175 cm³/mol. The van der Waals surface area contributed by atoms with Gasteiger partial charge in [0, 0.05) is 11.0 Å². The molecule has 0 aromatic heterocycles. The van der Waals surface area contributed by atoms with Crippen molar-refractivity contribution in [2.24, 2.45) is 35.0 Å². The van der Waals surface area contributed by atoms with Crippen LogP contribution in [0.4, 0.5) is 0 Å². The lowest BCUT2D eigenvalue weighted by atomic mass is 9.60. The van der Waals surface area contributed by atoms with Gasteiger partial charge in [-0.25, -0.2) is 0 Å². The normalized spacial score (nSPS) is 36.5. The Morgan fingerprint density at radius 1 is 0.975 bits per heavy atom. The maximum absolute atomic E-state index is 10.8. The van der Waals surface area contributed by atoms with E-state index in [9.17, 15) is 5.11 Å². The Morgan fingerprint density at radius 3 is 2.65 bits per heavy atom. The van der Waals surface area contributed by atoms with Crippen LogP contribution >= 0.6 is 21.6 Å². The summed E-state index contributed by atoms with van der Waals surface area (Å²) in [5, 5.41) is 11.6. The summed E-state index contributed by atoms with van der Waals surface area (Å²) in [6, 6.07) is 15.7. The van der Waals surface area contributed by atoms with E-state index < -0.39 is 0 Å². The van der Waals surface area contributed by atoms with Gasteiger partial charge in [-0.2, -0.15) is 0 Å². The van der Waals surface area contributed by atoms with Gasteiger partial charge in [0.1, 0.15) is 5.75 Å². The number of hydrogen-bond donors (Lipinski definition) is 1. The molecule has 0 amide bonds. The molecule has 3 heteroatoms. The van der Waals surface area contributed by atoms with E-state index in [0.29, 0.717) is 23.0 Å². The molecule has 2 aromatic carbocycles. The molecule has 0 saturated heterocycles. The van der Waals surface area contributed by atoms with Crippen LogP contribution < -0.4 is 0 Å². The lowest BCUT2D eigenvalue weighted by Gasteiger charge is -2.46. The monoisotopic (exact) mass is 574 g/mol. The summed E-state index contributed by atoms with van der Waals surface area (Å²) in [4.78, 5) is 0. The number of phenols is 1. The summed E-state index contributed by atoms with van der Waals surface area (Å²) in [7, 11) is 4.46. The molecule has 0 radical (unpaired) electrons. The molecule has 3 aliphatic carbocycles. The van der Waals surface area contributed by atoms with Gasteiger partial charge in [-0.3, -0.25) is 0 Å². The first kappa shape index (κ1) is 28.8. The summed E-state index contributed by atoms with van der Waals surface area (Å²) in [5.74, 6) is 6.30. The molecule has 2 aliphatic heterocycles. The molecule has 0 unspecified atom stereocenters. The minimum Gasteiger partial charge on any atom is -0.508 e. The van der Waals surface area contributed by atoms with Gasteiger partial charge in [0.15, 0.2) is 0 Å². The molecule has 5 aliphatic rings. The summed E-state index contributed by atoms with van der Waals surface area (Å²) in [6.45, 7) is 7.43. The highest BCUT2D eigenvalue weighted by Crippen LogP contribution is 2.52. The Labute approximate surface area is 251 Å². The Hall–Kier alpha value is -1.32. The van der Waals surface area contributed by atoms with E-state index in [1.807, 2.05) is 6.07 Å². The Balaban J connectivity index is 1.33. The Kier molecular flexibility index (Phi) is 9.00. The van der Waals surface area contributed by atoms with Crippen molar-refractivity contribution < 1.29 is 5.11 Å². The lowest BCUT2D eigenvalue weighted by molar-refractivity contribution is 0.0932. The van der Waals surface area contributed by atoms with Crippen LogP contribution in [0.1, 0.15) is 107 Å². The minimum atomic E-state index is 0.338. The zero-order valence-electron chi connectivity index (χ0n) is 25.0. The van der Waals surface area contributed by atoms with E-state index in [1.165, 1.54) is 80.2 Å². The Bertz CT molecular complexity index is 1190.